The van der Waals surface area contributed by atoms with Crippen molar-refractivity contribution in [2.24, 2.45) is 0 Å². The van der Waals surface area contributed by atoms with E-state index in [-0.39, 0.29) is 32.0 Å². The van der Waals surface area contributed by atoms with E-state index in [1.54, 1.807) is 0 Å². The van der Waals surface area contributed by atoms with E-state index in [1.807, 2.05) is 0 Å². The molecule has 0 bridgehead atoms. The van der Waals surface area contributed by atoms with Gasteiger partial charge in [-0.05, 0) is 4.53 Å². The Morgan fingerprint density at radius 1 is 0.955 bits per heavy atom. The molecule has 2 unspecified atom stereocenters. The van der Waals surface area contributed by atoms with Gasteiger partial charge in [0, 0.05) is 0 Å². The molecule has 6 nitrogen and oxygen atoms in total. The molecule has 0 aromatic rings. The molecule has 2 rings (SSSR count). The van der Waals surface area contributed by atoms with Crippen molar-refractivity contribution in [2.45, 2.75) is 18.3 Å². The number of epoxide rings is 2. The van der Waals surface area contributed by atoms with Gasteiger partial charge in [-0.15, -0.1) is 0 Å². The van der Waals surface area contributed by atoms with E-state index in [1.165, 1.54) is 0 Å². The second-order valence-electron chi connectivity index (χ2n) is 4.49. The first-order chi connectivity index (χ1) is 10.6. The molecule has 0 N–H and O–H groups in total. The molecule has 10 heteroatoms. The third-order valence-electron chi connectivity index (χ3n) is 2.40. The molecule has 2 atom stereocenters. The van der Waals surface area contributed by atoms with Gasteiger partial charge in [-0.3, -0.25) is 0 Å². The highest BCUT2D eigenvalue weighted by atomic mass is 19.3. The third kappa shape index (κ3) is 12.1. The van der Waals surface area contributed by atoms with Gasteiger partial charge < -0.3 is 23.7 Å². The van der Waals surface area contributed by atoms with Crippen molar-refractivity contribution in [3.63, 3.8) is 0 Å². The summed E-state index contributed by atoms with van der Waals surface area (Å²) in [5.41, 5.74) is 0. The summed E-state index contributed by atoms with van der Waals surface area (Å²) < 4.78 is 70.4. The maximum absolute atomic E-state index is 12.4. The monoisotopic (exact) mass is 336 g/mol. The third-order valence-corrected chi connectivity index (χ3v) is 2.40. The summed E-state index contributed by atoms with van der Waals surface area (Å²) in [5.74, 6) is 0. The van der Waals surface area contributed by atoms with Gasteiger partial charge in [0.05, 0.1) is 46.2 Å². The second kappa shape index (κ2) is 11.1. The van der Waals surface area contributed by atoms with Crippen LogP contribution >= 0.6 is 0 Å². The highest BCUT2D eigenvalue weighted by molar-refractivity contribution is 4.67. The Hall–Kier alpha value is -0.520. The first kappa shape index (κ1) is 19.5. The lowest BCUT2D eigenvalue weighted by molar-refractivity contribution is -0.305. The first-order valence-electron chi connectivity index (χ1n) is 6.77. The van der Waals surface area contributed by atoms with E-state index in [0.717, 1.165) is 6.61 Å². The van der Waals surface area contributed by atoms with E-state index in [9.17, 15) is 17.7 Å². The quantitative estimate of drug-likeness (QED) is 0.304. The van der Waals surface area contributed by atoms with Crippen LogP contribution in [0.3, 0.4) is 0 Å². The maximum atomic E-state index is 12.4. The van der Waals surface area contributed by atoms with Crippen LogP contribution in [0.1, 0.15) is 0 Å². The normalized spacial score (nSPS) is 22.9. The fourth-order valence-electron chi connectivity index (χ4n) is 1.17. The average molecular weight is 336 g/mol. The standard InChI is InChI=1S/C7H11F3O4.C5H9FO2/c8-7(9,5-14-10)13-2-1-11-3-6-4-12-6;6-1-2-7-3-5-4-8-5/h6H,1-5H2;5H,1-4H2. The van der Waals surface area contributed by atoms with Crippen molar-refractivity contribution in [1.82, 2.24) is 0 Å². The molecular weight excluding hydrogens is 316 g/mol. The van der Waals surface area contributed by atoms with Crippen molar-refractivity contribution in [1.29, 1.82) is 0 Å². The van der Waals surface area contributed by atoms with Gasteiger partial charge in [0.2, 0.25) is 0 Å². The minimum Gasteiger partial charge on any atom is -0.376 e. The number of alkyl halides is 3. The summed E-state index contributed by atoms with van der Waals surface area (Å²) in [7, 11) is 0. The molecule has 22 heavy (non-hydrogen) atoms. The van der Waals surface area contributed by atoms with Gasteiger partial charge in [-0.1, -0.05) is 0 Å². The van der Waals surface area contributed by atoms with Gasteiger partial charge in [-0.2, -0.15) is 13.7 Å². The molecule has 0 saturated carbocycles. The molecule has 2 fully saturated rings. The Morgan fingerprint density at radius 2 is 1.50 bits per heavy atom. The van der Waals surface area contributed by atoms with Crippen LogP contribution in [0.4, 0.5) is 17.7 Å². The molecule has 2 aliphatic rings. The summed E-state index contributed by atoms with van der Waals surface area (Å²) in [5, 5.41) is 0. The lowest BCUT2D eigenvalue weighted by Crippen LogP contribution is -2.28. The second-order valence-corrected chi connectivity index (χ2v) is 4.49. The van der Waals surface area contributed by atoms with Crippen molar-refractivity contribution in [3.8, 4) is 0 Å². The van der Waals surface area contributed by atoms with Gasteiger partial charge in [-0.25, -0.2) is 4.39 Å². The lowest BCUT2D eigenvalue weighted by Gasteiger charge is -2.13. The number of hydrogen-bond acceptors (Lipinski definition) is 6. The molecule has 0 aromatic heterocycles. The lowest BCUT2D eigenvalue weighted by atomic mass is 10.5. The number of ether oxygens (including phenoxy) is 5. The summed E-state index contributed by atoms with van der Waals surface area (Å²) in [4.78, 5) is 2.78. The molecule has 2 heterocycles. The number of halogens is 4. The van der Waals surface area contributed by atoms with E-state index in [2.05, 4.69) is 9.68 Å². The molecule has 0 spiro atoms. The zero-order valence-electron chi connectivity index (χ0n) is 12.0. The molecule has 2 saturated heterocycles. The fourth-order valence-corrected chi connectivity index (χ4v) is 1.17. The zero-order chi connectivity index (χ0) is 16.3. The van der Waals surface area contributed by atoms with E-state index in [4.69, 9.17) is 18.9 Å². The van der Waals surface area contributed by atoms with Crippen molar-refractivity contribution >= 4 is 0 Å². The Balaban J connectivity index is 0.000000255. The van der Waals surface area contributed by atoms with Gasteiger partial charge in [0.1, 0.15) is 18.9 Å². The van der Waals surface area contributed by atoms with E-state index in [0.29, 0.717) is 19.8 Å². The van der Waals surface area contributed by atoms with Crippen LogP contribution < -0.4 is 0 Å². The van der Waals surface area contributed by atoms with Crippen LogP contribution in [-0.2, 0) is 28.6 Å². The first-order valence-corrected chi connectivity index (χ1v) is 6.77. The minimum atomic E-state index is -3.60. The Labute approximate surface area is 125 Å². The summed E-state index contributed by atoms with van der Waals surface area (Å²) in [6.45, 7) is 0.466. The SMILES string of the molecule is FCCOCC1CO1.FOCC(F)(F)OCCOCC1CO1. The van der Waals surface area contributed by atoms with Crippen molar-refractivity contribution in [3.05, 3.63) is 0 Å². The Morgan fingerprint density at radius 3 is 1.95 bits per heavy atom. The Bertz CT molecular complexity index is 276. The average Bonchev–Trinajstić information content (AvgIpc) is 3.34. The fraction of sp³-hybridized carbons (Fsp3) is 1.00. The summed E-state index contributed by atoms with van der Waals surface area (Å²) >= 11 is 0. The summed E-state index contributed by atoms with van der Waals surface area (Å²) in [6.07, 6.45) is -3.25. The van der Waals surface area contributed by atoms with Crippen molar-refractivity contribution < 1.29 is 46.3 Å². The zero-order valence-corrected chi connectivity index (χ0v) is 12.0. The summed E-state index contributed by atoms with van der Waals surface area (Å²) in [6, 6.07) is 0. The van der Waals surface area contributed by atoms with Crippen LogP contribution in [0.25, 0.3) is 0 Å². The van der Waals surface area contributed by atoms with Crippen LogP contribution in [-0.4, -0.2) is 77.8 Å². The number of hydrogen-bond donors (Lipinski definition) is 0. The molecule has 0 radical (unpaired) electrons. The smallest absolute Gasteiger partial charge is 0.376 e. The van der Waals surface area contributed by atoms with Crippen LogP contribution in [0.15, 0.2) is 0 Å². The van der Waals surface area contributed by atoms with Gasteiger partial charge in [0.25, 0.3) is 0 Å². The topological polar surface area (TPSA) is 62.0 Å². The van der Waals surface area contributed by atoms with Crippen LogP contribution in [0.5, 0.6) is 0 Å². The van der Waals surface area contributed by atoms with Crippen molar-refractivity contribution in [2.75, 3.05) is 59.5 Å². The van der Waals surface area contributed by atoms with Crippen LogP contribution in [0.2, 0.25) is 0 Å². The maximum Gasteiger partial charge on any atom is 0.382 e. The molecule has 0 amide bonds. The highest BCUT2D eigenvalue weighted by Crippen LogP contribution is 2.15. The number of rotatable bonds is 12. The predicted octanol–water partition coefficient (Wildman–Crippen LogP) is 1.28. The molecule has 0 aliphatic carbocycles. The van der Waals surface area contributed by atoms with E-state index >= 15 is 0 Å². The predicted molar refractivity (Wildman–Crippen MR) is 65.1 cm³/mol. The largest absolute Gasteiger partial charge is 0.382 e. The van der Waals surface area contributed by atoms with Gasteiger partial charge >= 0.3 is 6.11 Å². The molecule has 0 aromatic carbocycles. The van der Waals surface area contributed by atoms with Crippen LogP contribution in [0, 0.1) is 0 Å². The minimum absolute atomic E-state index is 0.0156. The molecular formula is C12H20F4O6. The van der Waals surface area contributed by atoms with Gasteiger partial charge in [0.15, 0.2) is 6.61 Å². The molecule has 132 valence electrons. The highest BCUT2D eigenvalue weighted by Gasteiger charge is 2.31. The molecule has 2 aliphatic heterocycles. The Kier molecular flexibility index (Phi) is 9.84. The van der Waals surface area contributed by atoms with E-state index < -0.39 is 19.4 Å².